The number of H-pyrrole nitrogens is 1. The van der Waals surface area contributed by atoms with Crippen LogP contribution in [0.25, 0.3) is 10.9 Å². The molecule has 0 aliphatic rings. The van der Waals surface area contributed by atoms with Crippen LogP contribution in [0.1, 0.15) is 30.5 Å². The molecule has 0 saturated heterocycles. The third-order valence-electron chi connectivity index (χ3n) is 4.83. The van der Waals surface area contributed by atoms with Crippen molar-refractivity contribution in [2.45, 2.75) is 32.7 Å². The second kappa shape index (κ2) is 6.63. The normalized spacial score (nSPS) is 11.5. The van der Waals surface area contributed by atoms with Crippen molar-refractivity contribution in [1.29, 1.82) is 0 Å². The van der Waals surface area contributed by atoms with E-state index < -0.39 is 5.41 Å². The minimum Gasteiger partial charge on any atom is -0.497 e. The fourth-order valence-electron chi connectivity index (χ4n) is 3.07. The van der Waals surface area contributed by atoms with Crippen LogP contribution in [0.3, 0.4) is 0 Å². The molecule has 0 fully saturated rings. The van der Waals surface area contributed by atoms with Crippen molar-refractivity contribution in [2.75, 3.05) is 7.11 Å². The molecule has 4 nitrogen and oxygen atoms in total. The highest BCUT2D eigenvalue weighted by Crippen LogP contribution is 2.32. The van der Waals surface area contributed by atoms with Crippen molar-refractivity contribution in [2.24, 2.45) is 0 Å². The van der Waals surface area contributed by atoms with E-state index in [0.29, 0.717) is 6.54 Å². The predicted molar refractivity (Wildman–Crippen MR) is 101 cm³/mol. The maximum Gasteiger partial charge on any atom is 0.230 e. The lowest BCUT2D eigenvalue weighted by molar-refractivity contribution is -0.125. The van der Waals surface area contributed by atoms with Gasteiger partial charge < -0.3 is 15.0 Å². The van der Waals surface area contributed by atoms with Gasteiger partial charge in [0.15, 0.2) is 0 Å². The van der Waals surface area contributed by atoms with E-state index >= 15 is 0 Å². The topological polar surface area (TPSA) is 54.1 Å². The zero-order chi connectivity index (χ0) is 18.0. The summed E-state index contributed by atoms with van der Waals surface area (Å²) in [7, 11) is 1.65. The molecule has 130 valence electrons. The van der Waals surface area contributed by atoms with Gasteiger partial charge in [-0.05, 0) is 55.7 Å². The second-order valence-corrected chi connectivity index (χ2v) is 6.85. The van der Waals surface area contributed by atoms with Crippen LogP contribution >= 0.6 is 0 Å². The molecule has 2 aromatic carbocycles. The lowest BCUT2D eigenvalue weighted by atomic mass is 9.83. The van der Waals surface area contributed by atoms with Gasteiger partial charge >= 0.3 is 0 Å². The molecular formula is C21H24N2O2. The van der Waals surface area contributed by atoms with Crippen LogP contribution in [-0.2, 0) is 16.8 Å². The fourth-order valence-corrected chi connectivity index (χ4v) is 3.07. The van der Waals surface area contributed by atoms with E-state index in [9.17, 15) is 4.79 Å². The van der Waals surface area contributed by atoms with Crippen molar-refractivity contribution in [3.63, 3.8) is 0 Å². The summed E-state index contributed by atoms with van der Waals surface area (Å²) >= 11 is 0. The smallest absolute Gasteiger partial charge is 0.230 e. The molecule has 3 aromatic rings. The van der Waals surface area contributed by atoms with Gasteiger partial charge in [0.2, 0.25) is 5.91 Å². The third kappa shape index (κ3) is 3.25. The Bertz CT molecular complexity index is 909. The van der Waals surface area contributed by atoms with Crippen molar-refractivity contribution < 1.29 is 9.53 Å². The number of benzene rings is 2. The summed E-state index contributed by atoms with van der Waals surface area (Å²) in [5.41, 5.74) is 3.61. The van der Waals surface area contributed by atoms with Crippen LogP contribution in [0.4, 0.5) is 0 Å². The molecule has 0 radical (unpaired) electrons. The average Bonchev–Trinajstić information content (AvgIpc) is 3.04. The maximum absolute atomic E-state index is 12.9. The fraction of sp³-hybridized carbons (Fsp3) is 0.286. The highest BCUT2D eigenvalue weighted by Gasteiger charge is 2.32. The minimum atomic E-state index is -0.659. The first kappa shape index (κ1) is 17.1. The van der Waals surface area contributed by atoms with Gasteiger partial charge in [-0.2, -0.15) is 0 Å². The van der Waals surface area contributed by atoms with E-state index in [-0.39, 0.29) is 5.91 Å². The van der Waals surface area contributed by atoms with Gasteiger partial charge in [-0.15, -0.1) is 0 Å². The van der Waals surface area contributed by atoms with Gasteiger partial charge in [0.1, 0.15) is 5.75 Å². The van der Waals surface area contributed by atoms with E-state index in [1.54, 1.807) is 7.11 Å². The lowest BCUT2D eigenvalue weighted by Gasteiger charge is -2.24. The number of aromatic nitrogens is 1. The summed E-state index contributed by atoms with van der Waals surface area (Å²) in [5.74, 6) is 0.781. The number of carbonyl (C=O) groups excluding carboxylic acids is 1. The Morgan fingerprint density at radius 2 is 1.96 bits per heavy atom. The number of fused-ring (bicyclic) bond motifs is 1. The molecule has 0 aliphatic heterocycles. The van der Waals surface area contributed by atoms with Crippen LogP contribution in [0.2, 0.25) is 0 Å². The first-order chi connectivity index (χ1) is 11.9. The number of rotatable bonds is 5. The number of aryl methyl sites for hydroxylation is 1. The lowest BCUT2D eigenvalue weighted by Crippen LogP contribution is -2.39. The number of methoxy groups -OCH3 is 1. The Kier molecular flexibility index (Phi) is 4.53. The van der Waals surface area contributed by atoms with Gasteiger partial charge in [-0.3, -0.25) is 4.79 Å². The summed E-state index contributed by atoms with van der Waals surface area (Å²) in [6, 6.07) is 13.9. The largest absolute Gasteiger partial charge is 0.497 e. The Morgan fingerprint density at radius 3 is 2.68 bits per heavy atom. The average molecular weight is 336 g/mol. The molecule has 0 saturated carbocycles. The van der Waals surface area contributed by atoms with Crippen LogP contribution in [0.15, 0.2) is 48.7 Å². The summed E-state index contributed by atoms with van der Waals surface area (Å²) in [4.78, 5) is 16.1. The number of amides is 1. The van der Waals surface area contributed by atoms with E-state index in [4.69, 9.17) is 4.74 Å². The molecule has 1 heterocycles. The highest BCUT2D eigenvalue weighted by molar-refractivity contribution is 5.95. The molecule has 2 N–H and O–H groups in total. The Balaban J connectivity index is 1.85. The first-order valence-corrected chi connectivity index (χ1v) is 8.42. The number of ether oxygens (including phenoxy) is 1. The number of nitrogens with one attached hydrogen (secondary N) is 2. The van der Waals surface area contributed by atoms with E-state index in [1.807, 2.05) is 56.4 Å². The summed E-state index contributed by atoms with van der Waals surface area (Å²) in [6.07, 6.45) is 1.91. The molecule has 0 aliphatic carbocycles. The minimum absolute atomic E-state index is 0.000488. The standard InChI is InChI=1S/C21H24N2O2/c1-14-7-5-6-8-15(14)12-23-20(24)21(2,3)18-13-22-19-10-9-16(25-4)11-17(18)19/h5-11,13,22H,12H2,1-4H3,(H,23,24). The van der Waals surface area contributed by atoms with Gasteiger partial charge in [-0.1, -0.05) is 24.3 Å². The summed E-state index contributed by atoms with van der Waals surface area (Å²) in [5, 5.41) is 4.09. The number of carbonyl (C=O) groups is 1. The molecular weight excluding hydrogens is 312 g/mol. The Hall–Kier alpha value is -2.75. The van der Waals surface area contributed by atoms with Crippen LogP contribution in [0, 0.1) is 6.92 Å². The van der Waals surface area contributed by atoms with E-state index in [1.165, 1.54) is 5.56 Å². The first-order valence-electron chi connectivity index (χ1n) is 8.42. The van der Waals surface area contributed by atoms with E-state index in [2.05, 4.69) is 23.3 Å². The van der Waals surface area contributed by atoms with Gasteiger partial charge in [-0.25, -0.2) is 0 Å². The summed E-state index contributed by atoms with van der Waals surface area (Å²) < 4.78 is 5.32. The summed E-state index contributed by atoms with van der Waals surface area (Å²) in [6.45, 7) is 6.48. The maximum atomic E-state index is 12.9. The number of hydrogen-bond donors (Lipinski definition) is 2. The molecule has 1 aromatic heterocycles. The van der Waals surface area contributed by atoms with Crippen LogP contribution in [0.5, 0.6) is 5.75 Å². The van der Waals surface area contributed by atoms with Crippen LogP contribution < -0.4 is 10.1 Å². The Labute approximate surface area is 148 Å². The third-order valence-corrected chi connectivity index (χ3v) is 4.83. The second-order valence-electron chi connectivity index (χ2n) is 6.85. The Morgan fingerprint density at radius 1 is 1.20 bits per heavy atom. The molecule has 0 spiro atoms. The zero-order valence-corrected chi connectivity index (χ0v) is 15.1. The molecule has 3 rings (SSSR count). The van der Waals surface area contributed by atoms with Gasteiger partial charge in [0.05, 0.1) is 12.5 Å². The molecule has 0 atom stereocenters. The monoisotopic (exact) mass is 336 g/mol. The number of aromatic amines is 1. The highest BCUT2D eigenvalue weighted by atomic mass is 16.5. The zero-order valence-electron chi connectivity index (χ0n) is 15.1. The molecule has 0 unspecified atom stereocenters. The quantitative estimate of drug-likeness (QED) is 0.738. The molecule has 4 heteroatoms. The van der Waals surface area contributed by atoms with Crippen LogP contribution in [-0.4, -0.2) is 18.0 Å². The van der Waals surface area contributed by atoms with Gasteiger partial charge in [0.25, 0.3) is 0 Å². The molecule has 0 bridgehead atoms. The van der Waals surface area contributed by atoms with Crippen molar-refractivity contribution in [3.8, 4) is 5.75 Å². The van der Waals surface area contributed by atoms with Crippen molar-refractivity contribution >= 4 is 16.8 Å². The van der Waals surface area contributed by atoms with E-state index in [0.717, 1.165) is 27.8 Å². The van der Waals surface area contributed by atoms with Crippen molar-refractivity contribution in [1.82, 2.24) is 10.3 Å². The molecule has 1 amide bonds. The van der Waals surface area contributed by atoms with Crippen molar-refractivity contribution in [3.05, 3.63) is 65.4 Å². The predicted octanol–water partition coefficient (Wildman–Crippen LogP) is 4.08. The molecule has 25 heavy (non-hydrogen) atoms. The SMILES string of the molecule is COc1ccc2[nH]cc(C(C)(C)C(=O)NCc3ccccc3C)c2c1. The van der Waals surface area contributed by atoms with Gasteiger partial charge in [0, 0.05) is 23.6 Å². The number of hydrogen-bond acceptors (Lipinski definition) is 2.